The predicted octanol–water partition coefficient (Wildman–Crippen LogP) is 1.78. The molecule has 2 heterocycles. The highest BCUT2D eigenvalue weighted by Gasteiger charge is 2.37. The molecule has 0 aromatic rings. The Bertz CT molecular complexity index is 345. The molecule has 0 spiro atoms. The molecule has 0 radical (unpaired) electrons. The monoisotopic (exact) mass is 286 g/mol. The molecular formula is C13H22N2O3S. The van der Waals surface area contributed by atoms with Crippen molar-refractivity contribution in [2.24, 2.45) is 5.92 Å². The van der Waals surface area contributed by atoms with Crippen LogP contribution in [0.2, 0.25) is 0 Å². The van der Waals surface area contributed by atoms with Gasteiger partial charge in [0, 0.05) is 12.6 Å². The van der Waals surface area contributed by atoms with Crippen LogP contribution in [0.4, 0.5) is 4.79 Å². The summed E-state index contributed by atoms with van der Waals surface area (Å²) in [5.41, 5.74) is 0. The minimum Gasteiger partial charge on any atom is -0.480 e. The second-order valence-electron chi connectivity index (χ2n) is 5.43. The fourth-order valence-corrected chi connectivity index (χ4v) is 4.00. The lowest BCUT2D eigenvalue weighted by Crippen LogP contribution is -2.56. The Kier molecular flexibility index (Phi) is 4.96. The van der Waals surface area contributed by atoms with Gasteiger partial charge in [0.1, 0.15) is 6.04 Å². The molecule has 2 rings (SSSR count). The third kappa shape index (κ3) is 3.55. The van der Waals surface area contributed by atoms with Gasteiger partial charge in [-0.2, -0.15) is 11.8 Å². The SMILES string of the molecule is CC1CCCN(C(=O)NC2CCSCC2)C1C(=O)O. The van der Waals surface area contributed by atoms with Gasteiger partial charge in [0.25, 0.3) is 0 Å². The first kappa shape index (κ1) is 14.5. The van der Waals surface area contributed by atoms with E-state index in [0.29, 0.717) is 6.54 Å². The first-order valence-corrected chi connectivity index (χ1v) is 8.12. The number of thioether (sulfide) groups is 1. The second kappa shape index (κ2) is 6.50. The van der Waals surface area contributed by atoms with Gasteiger partial charge in [-0.05, 0) is 43.1 Å². The van der Waals surface area contributed by atoms with Gasteiger partial charge in [-0.25, -0.2) is 9.59 Å². The van der Waals surface area contributed by atoms with Crippen molar-refractivity contribution in [2.75, 3.05) is 18.1 Å². The third-order valence-electron chi connectivity index (χ3n) is 4.00. The van der Waals surface area contributed by atoms with Crippen molar-refractivity contribution in [2.45, 2.75) is 44.7 Å². The van der Waals surface area contributed by atoms with Crippen LogP contribution < -0.4 is 5.32 Å². The maximum atomic E-state index is 12.3. The topological polar surface area (TPSA) is 69.6 Å². The van der Waals surface area contributed by atoms with Crippen molar-refractivity contribution in [3.05, 3.63) is 0 Å². The molecule has 0 bridgehead atoms. The Balaban J connectivity index is 1.97. The summed E-state index contributed by atoms with van der Waals surface area (Å²) in [5, 5.41) is 12.3. The van der Waals surface area contributed by atoms with Gasteiger partial charge in [0.05, 0.1) is 0 Å². The van der Waals surface area contributed by atoms with Gasteiger partial charge >= 0.3 is 12.0 Å². The average molecular weight is 286 g/mol. The van der Waals surface area contributed by atoms with Crippen LogP contribution in [-0.2, 0) is 4.79 Å². The Morgan fingerprint density at radius 3 is 2.58 bits per heavy atom. The van der Waals surface area contributed by atoms with Crippen LogP contribution in [0.15, 0.2) is 0 Å². The molecule has 2 amide bonds. The molecule has 19 heavy (non-hydrogen) atoms. The van der Waals surface area contributed by atoms with Crippen LogP contribution in [0.1, 0.15) is 32.6 Å². The molecular weight excluding hydrogens is 264 g/mol. The summed E-state index contributed by atoms with van der Waals surface area (Å²) < 4.78 is 0. The number of hydrogen-bond donors (Lipinski definition) is 2. The summed E-state index contributed by atoms with van der Waals surface area (Å²) in [4.78, 5) is 25.1. The van der Waals surface area contributed by atoms with E-state index in [1.807, 2.05) is 18.7 Å². The first-order chi connectivity index (χ1) is 9.09. The van der Waals surface area contributed by atoms with E-state index in [9.17, 15) is 14.7 Å². The molecule has 0 aromatic carbocycles. The van der Waals surface area contributed by atoms with Crippen LogP contribution in [-0.4, -0.2) is 52.1 Å². The summed E-state index contributed by atoms with van der Waals surface area (Å²) in [6, 6.07) is -0.664. The molecule has 6 heteroatoms. The van der Waals surface area contributed by atoms with E-state index in [-0.39, 0.29) is 18.0 Å². The van der Waals surface area contributed by atoms with E-state index < -0.39 is 12.0 Å². The number of carbonyl (C=O) groups is 2. The number of amides is 2. The summed E-state index contributed by atoms with van der Waals surface area (Å²) in [6.45, 7) is 2.46. The highest BCUT2D eigenvalue weighted by atomic mass is 32.2. The summed E-state index contributed by atoms with van der Waals surface area (Å²) in [6.07, 6.45) is 3.73. The molecule has 0 aromatic heterocycles. The van der Waals surface area contributed by atoms with Gasteiger partial charge in [0.15, 0.2) is 0 Å². The number of aliphatic carboxylic acids is 1. The van der Waals surface area contributed by atoms with Crippen LogP contribution in [0.25, 0.3) is 0 Å². The number of carboxylic acid groups (broad SMARTS) is 1. The zero-order valence-electron chi connectivity index (χ0n) is 11.3. The highest BCUT2D eigenvalue weighted by Crippen LogP contribution is 2.24. The summed E-state index contributed by atoms with van der Waals surface area (Å²) >= 11 is 1.91. The molecule has 2 unspecified atom stereocenters. The Hall–Kier alpha value is -0.910. The molecule has 0 saturated carbocycles. The van der Waals surface area contributed by atoms with Crippen molar-refractivity contribution < 1.29 is 14.7 Å². The van der Waals surface area contributed by atoms with E-state index in [4.69, 9.17) is 0 Å². The maximum Gasteiger partial charge on any atom is 0.326 e. The van der Waals surface area contributed by atoms with E-state index in [2.05, 4.69) is 5.32 Å². The Morgan fingerprint density at radius 2 is 1.95 bits per heavy atom. The lowest BCUT2D eigenvalue weighted by molar-refractivity contribution is -0.145. The minimum atomic E-state index is -0.887. The number of rotatable bonds is 2. The number of carbonyl (C=O) groups excluding carboxylic acids is 1. The number of nitrogens with one attached hydrogen (secondary N) is 1. The fraction of sp³-hybridized carbons (Fsp3) is 0.846. The predicted molar refractivity (Wildman–Crippen MR) is 75.4 cm³/mol. The van der Waals surface area contributed by atoms with Crippen LogP contribution >= 0.6 is 11.8 Å². The van der Waals surface area contributed by atoms with Crippen LogP contribution in [0.3, 0.4) is 0 Å². The first-order valence-electron chi connectivity index (χ1n) is 6.97. The fourth-order valence-electron chi connectivity index (χ4n) is 2.89. The van der Waals surface area contributed by atoms with Gasteiger partial charge in [-0.3, -0.25) is 0 Å². The largest absolute Gasteiger partial charge is 0.480 e. The summed E-state index contributed by atoms with van der Waals surface area (Å²) in [7, 11) is 0. The smallest absolute Gasteiger partial charge is 0.326 e. The molecule has 2 saturated heterocycles. The second-order valence-corrected chi connectivity index (χ2v) is 6.66. The minimum absolute atomic E-state index is 0.0268. The number of piperidine rings is 1. The number of nitrogens with zero attached hydrogens (tertiary/aromatic N) is 1. The van der Waals surface area contributed by atoms with Gasteiger partial charge in [-0.1, -0.05) is 6.92 Å². The quantitative estimate of drug-likeness (QED) is 0.812. The van der Waals surface area contributed by atoms with Crippen molar-refractivity contribution in [3.8, 4) is 0 Å². The lowest BCUT2D eigenvalue weighted by atomic mass is 9.91. The third-order valence-corrected chi connectivity index (χ3v) is 5.04. The Morgan fingerprint density at radius 1 is 1.26 bits per heavy atom. The van der Waals surface area contributed by atoms with E-state index in [1.165, 1.54) is 4.90 Å². The van der Waals surface area contributed by atoms with Crippen LogP contribution in [0.5, 0.6) is 0 Å². The molecule has 2 atom stereocenters. The maximum absolute atomic E-state index is 12.3. The van der Waals surface area contributed by atoms with Gasteiger partial charge in [0.2, 0.25) is 0 Å². The van der Waals surface area contributed by atoms with E-state index in [1.54, 1.807) is 0 Å². The molecule has 2 N–H and O–H groups in total. The Labute approximate surface area is 118 Å². The lowest BCUT2D eigenvalue weighted by Gasteiger charge is -2.38. The molecule has 2 aliphatic heterocycles. The molecule has 108 valence electrons. The standard InChI is InChI=1S/C13H22N2O3S/c1-9-3-2-6-15(11(9)12(16)17)13(18)14-10-4-7-19-8-5-10/h9-11H,2-8H2,1H3,(H,14,18)(H,16,17). The van der Waals surface area contributed by atoms with Crippen molar-refractivity contribution in [1.29, 1.82) is 0 Å². The van der Waals surface area contributed by atoms with E-state index >= 15 is 0 Å². The van der Waals surface area contributed by atoms with Crippen LogP contribution in [0, 0.1) is 5.92 Å². The average Bonchev–Trinajstić information content (AvgIpc) is 2.39. The zero-order chi connectivity index (χ0) is 13.8. The van der Waals surface area contributed by atoms with Gasteiger partial charge < -0.3 is 15.3 Å². The van der Waals surface area contributed by atoms with Crippen molar-refractivity contribution >= 4 is 23.8 Å². The number of hydrogen-bond acceptors (Lipinski definition) is 3. The molecule has 5 nitrogen and oxygen atoms in total. The van der Waals surface area contributed by atoms with Crippen molar-refractivity contribution in [1.82, 2.24) is 10.2 Å². The zero-order valence-corrected chi connectivity index (χ0v) is 12.1. The van der Waals surface area contributed by atoms with Gasteiger partial charge in [-0.15, -0.1) is 0 Å². The number of likely N-dealkylation sites (tertiary alicyclic amines) is 1. The summed E-state index contributed by atoms with van der Waals surface area (Å²) in [5.74, 6) is 1.29. The molecule has 0 aliphatic carbocycles. The molecule has 2 aliphatic rings. The highest BCUT2D eigenvalue weighted by molar-refractivity contribution is 7.99. The normalized spacial score (nSPS) is 29.0. The van der Waals surface area contributed by atoms with Crippen molar-refractivity contribution in [3.63, 3.8) is 0 Å². The number of urea groups is 1. The molecule has 2 fully saturated rings. The number of carboxylic acids is 1. The van der Waals surface area contributed by atoms with E-state index in [0.717, 1.165) is 37.2 Å².